The number of hydrogen-bond donors (Lipinski definition) is 0. The van der Waals surface area contributed by atoms with Gasteiger partial charge in [0.2, 0.25) is 0 Å². The fraction of sp³-hybridized carbons (Fsp3) is 0.789. The van der Waals surface area contributed by atoms with E-state index in [2.05, 4.69) is 0 Å². The third kappa shape index (κ3) is 3.30. The summed E-state index contributed by atoms with van der Waals surface area (Å²) in [5.74, 6) is -3.33. The first kappa shape index (κ1) is 19.6. The number of fused-ring (bicyclic) bond motifs is 1. The minimum atomic E-state index is -0.655. The summed E-state index contributed by atoms with van der Waals surface area (Å²) in [6.45, 7) is 5.37. The summed E-state index contributed by atoms with van der Waals surface area (Å²) in [6, 6.07) is 0. The Hall–Kier alpha value is -2.12. The molecule has 1 aliphatic heterocycles. The predicted octanol–water partition coefficient (Wildman–Crippen LogP) is 1.25. The van der Waals surface area contributed by atoms with Gasteiger partial charge in [0, 0.05) is 11.8 Å². The minimum Gasteiger partial charge on any atom is -0.469 e. The van der Waals surface area contributed by atoms with Crippen LogP contribution in [0.25, 0.3) is 0 Å². The first-order valence-corrected chi connectivity index (χ1v) is 9.36. The molecule has 8 heteroatoms. The lowest BCUT2D eigenvalue weighted by Crippen LogP contribution is -2.43. The summed E-state index contributed by atoms with van der Waals surface area (Å²) in [5.41, 5.74) is -0.602. The summed E-state index contributed by atoms with van der Waals surface area (Å²) in [7, 11) is 1.28. The molecule has 0 aromatic heterocycles. The van der Waals surface area contributed by atoms with Crippen LogP contribution in [0.15, 0.2) is 0 Å². The Bertz CT molecular complexity index is 654. The number of methoxy groups -OCH3 is 1. The molecule has 2 bridgehead atoms. The first-order chi connectivity index (χ1) is 12.7. The second kappa shape index (κ2) is 7.13. The minimum absolute atomic E-state index is 0.0740. The highest BCUT2D eigenvalue weighted by Crippen LogP contribution is 2.58. The molecule has 1 heterocycles. The van der Waals surface area contributed by atoms with Gasteiger partial charge in [-0.05, 0) is 26.7 Å². The zero-order chi connectivity index (χ0) is 19.9. The zero-order valence-electron chi connectivity index (χ0n) is 16.1. The summed E-state index contributed by atoms with van der Waals surface area (Å²) in [5, 5.41) is 0. The molecule has 0 amide bonds. The molecule has 0 aromatic rings. The van der Waals surface area contributed by atoms with Gasteiger partial charge in [-0.2, -0.15) is 0 Å². The highest BCUT2D eigenvalue weighted by atomic mass is 16.6. The largest absolute Gasteiger partial charge is 0.469 e. The molecule has 6 unspecified atom stereocenters. The van der Waals surface area contributed by atoms with Gasteiger partial charge in [0.05, 0.1) is 30.8 Å². The third-order valence-corrected chi connectivity index (χ3v) is 6.26. The molecule has 0 N–H and O–H groups in total. The lowest BCUT2D eigenvalue weighted by molar-refractivity contribution is -0.167. The Morgan fingerprint density at radius 3 is 2.56 bits per heavy atom. The summed E-state index contributed by atoms with van der Waals surface area (Å²) in [6.07, 6.45) is -0.0221. The van der Waals surface area contributed by atoms with Crippen molar-refractivity contribution >= 4 is 23.9 Å². The van der Waals surface area contributed by atoms with Gasteiger partial charge >= 0.3 is 23.9 Å². The van der Waals surface area contributed by atoms with Gasteiger partial charge in [-0.25, -0.2) is 0 Å². The Morgan fingerprint density at radius 2 is 1.93 bits per heavy atom. The van der Waals surface area contributed by atoms with Crippen molar-refractivity contribution < 1.29 is 38.1 Å². The van der Waals surface area contributed by atoms with E-state index in [1.54, 1.807) is 13.8 Å². The van der Waals surface area contributed by atoms with Crippen LogP contribution in [0.5, 0.6) is 0 Å². The quantitative estimate of drug-likeness (QED) is 0.478. The zero-order valence-corrected chi connectivity index (χ0v) is 16.1. The van der Waals surface area contributed by atoms with Gasteiger partial charge in [0.25, 0.3) is 0 Å². The van der Waals surface area contributed by atoms with Crippen molar-refractivity contribution in [2.45, 2.75) is 52.2 Å². The Balaban J connectivity index is 1.57. The molecule has 27 heavy (non-hydrogen) atoms. The van der Waals surface area contributed by atoms with Crippen LogP contribution in [0.2, 0.25) is 0 Å². The van der Waals surface area contributed by atoms with Crippen molar-refractivity contribution in [1.29, 1.82) is 0 Å². The molecular formula is C19H26O8. The summed E-state index contributed by atoms with van der Waals surface area (Å²) in [4.78, 5) is 48.3. The number of esters is 4. The van der Waals surface area contributed by atoms with E-state index in [4.69, 9.17) is 18.9 Å². The van der Waals surface area contributed by atoms with Crippen molar-refractivity contribution in [1.82, 2.24) is 0 Å². The van der Waals surface area contributed by atoms with Gasteiger partial charge in [-0.15, -0.1) is 0 Å². The SMILES string of the molecule is CCC(C)(C)C(=O)OCCC(=O)OC1C2CC3C1OC(=O)C3C2C(=O)OC. The molecule has 150 valence electrons. The molecule has 3 aliphatic rings. The van der Waals surface area contributed by atoms with Crippen LogP contribution in [-0.2, 0) is 38.1 Å². The fourth-order valence-electron chi connectivity index (χ4n) is 4.38. The van der Waals surface area contributed by atoms with E-state index >= 15 is 0 Å². The van der Waals surface area contributed by atoms with E-state index in [1.807, 2.05) is 6.92 Å². The van der Waals surface area contributed by atoms with Gasteiger partial charge in [-0.1, -0.05) is 6.92 Å². The van der Waals surface area contributed by atoms with Crippen LogP contribution < -0.4 is 0 Å². The van der Waals surface area contributed by atoms with Crippen LogP contribution in [0, 0.1) is 29.1 Å². The predicted molar refractivity (Wildman–Crippen MR) is 90.0 cm³/mol. The average molecular weight is 382 g/mol. The molecular weight excluding hydrogens is 356 g/mol. The molecule has 3 fully saturated rings. The molecule has 6 atom stereocenters. The van der Waals surface area contributed by atoms with E-state index in [1.165, 1.54) is 7.11 Å². The molecule has 0 radical (unpaired) electrons. The average Bonchev–Trinajstić information content (AvgIpc) is 3.24. The van der Waals surface area contributed by atoms with Crippen LogP contribution >= 0.6 is 0 Å². The van der Waals surface area contributed by atoms with E-state index in [0.29, 0.717) is 12.8 Å². The second-order valence-electron chi connectivity index (χ2n) is 8.12. The Morgan fingerprint density at radius 1 is 1.22 bits per heavy atom. The van der Waals surface area contributed by atoms with E-state index in [9.17, 15) is 19.2 Å². The molecule has 2 aliphatic carbocycles. The molecule has 1 saturated heterocycles. The van der Waals surface area contributed by atoms with Crippen LogP contribution in [-0.4, -0.2) is 49.8 Å². The van der Waals surface area contributed by atoms with Crippen molar-refractivity contribution in [3.63, 3.8) is 0 Å². The smallest absolute Gasteiger partial charge is 0.311 e. The van der Waals surface area contributed by atoms with Crippen molar-refractivity contribution in [2.75, 3.05) is 13.7 Å². The number of carbonyl (C=O) groups excluding carboxylic acids is 4. The Kier molecular flexibility index (Phi) is 5.18. The topological polar surface area (TPSA) is 105 Å². The second-order valence-corrected chi connectivity index (χ2v) is 8.12. The number of hydrogen-bond acceptors (Lipinski definition) is 8. The first-order valence-electron chi connectivity index (χ1n) is 9.36. The Labute approximate surface area is 157 Å². The molecule has 0 aromatic carbocycles. The number of carbonyl (C=O) groups is 4. The molecule has 2 saturated carbocycles. The molecule has 3 rings (SSSR count). The van der Waals surface area contributed by atoms with E-state index in [-0.39, 0.29) is 30.8 Å². The molecule has 0 spiro atoms. The highest BCUT2D eigenvalue weighted by molar-refractivity contribution is 5.86. The van der Waals surface area contributed by atoms with E-state index < -0.39 is 47.4 Å². The maximum Gasteiger partial charge on any atom is 0.311 e. The maximum atomic E-state index is 12.2. The van der Waals surface area contributed by atoms with Crippen molar-refractivity contribution in [3.05, 3.63) is 0 Å². The van der Waals surface area contributed by atoms with Gasteiger partial charge < -0.3 is 18.9 Å². The summed E-state index contributed by atoms with van der Waals surface area (Å²) >= 11 is 0. The number of ether oxygens (including phenoxy) is 4. The van der Waals surface area contributed by atoms with Crippen molar-refractivity contribution in [3.8, 4) is 0 Å². The van der Waals surface area contributed by atoms with Crippen LogP contribution in [0.3, 0.4) is 0 Å². The van der Waals surface area contributed by atoms with Gasteiger partial charge in [0.15, 0.2) is 0 Å². The highest BCUT2D eigenvalue weighted by Gasteiger charge is 2.70. The third-order valence-electron chi connectivity index (χ3n) is 6.26. The van der Waals surface area contributed by atoms with Gasteiger partial charge in [0.1, 0.15) is 18.8 Å². The maximum absolute atomic E-state index is 12.2. The lowest BCUT2D eigenvalue weighted by Gasteiger charge is -2.29. The normalized spacial score (nSPS) is 33.6. The van der Waals surface area contributed by atoms with E-state index in [0.717, 1.165) is 0 Å². The number of rotatable bonds is 7. The van der Waals surface area contributed by atoms with Crippen molar-refractivity contribution in [2.24, 2.45) is 29.1 Å². The standard InChI is InChI=1S/C19H26O8/c1-5-19(2,3)18(23)25-7-6-11(20)26-14-9-8-10-13(12(9)16(21)24-4)17(22)27-15(10)14/h9-10,12-15H,5-8H2,1-4H3. The fourth-order valence-corrected chi connectivity index (χ4v) is 4.38. The molecule has 8 nitrogen and oxygen atoms in total. The lowest BCUT2D eigenvalue weighted by atomic mass is 9.78. The summed E-state index contributed by atoms with van der Waals surface area (Å²) < 4.78 is 20.9. The van der Waals surface area contributed by atoms with Crippen LogP contribution in [0.4, 0.5) is 0 Å². The van der Waals surface area contributed by atoms with Crippen LogP contribution in [0.1, 0.15) is 40.0 Å². The monoisotopic (exact) mass is 382 g/mol. The van der Waals surface area contributed by atoms with Gasteiger partial charge in [-0.3, -0.25) is 19.2 Å².